The van der Waals surface area contributed by atoms with Gasteiger partial charge in [0.2, 0.25) is 6.39 Å². The first-order valence-corrected chi connectivity index (χ1v) is 9.27. The van der Waals surface area contributed by atoms with Crippen LogP contribution in [0.15, 0.2) is 35.2 Å². The molecule has 7 heteroatoms. The molecule has 3 heterocycles. The van der Waals surface area contributed by atoms with Gasteiger partial charge in [-0.3, -0.25) is 9.78 Å². The van der Waals surface area contributed by atoms with Crippen LogP contribution in [0.4, 0.5) is 0 Å². The van der Waals surface area contributed by atoms with Crippen LogP contribution < -0.4 is 0 Å². The molecule has 0 spiro atoms. The van der Waals surface area contributed by atoms with Crippen molar-refractivity contribution in [2.24, 2.45) is 0 Å². The Kier molecular flexibility index (Phi) is 3.89. The molecule has 1 atom stereocenters. The van der Waals surface area contributed by atoms with Crippen LogP contribution in [0.25, 0.3) is 10.9 Å². The highest BCUT2D eigenvalue weighted by Gasteiger charge is 2.34. The van der Waals surface area contributed by atoms with Crippen molar-refractivity contribution in [3.8, 4) is 0 Å². The number of carbonyl (C=O) groups excluding carboxylic acids is 1. The maximum absolute atomic E-state index is 13.6. The van der Waals surface area contributed by atoms with Gasteiger partial charge in [-0.1, -0.05) is 16.8 Å². The van der Waals surface area contributed by atoms with E-state index in [1.54, 1.807) is 4.90 Å². The third-order valence-electron chi connectivity index (χ3n) is 5.28. The van der Waals surface area contributed by atoms with Gasteiger partial charge in [0.15, 0.2) is 5.82 Å². The lowest BCUT2D eigenvalue weighted by molar-refractivity contribution is -0.00567. The fraction of sp³-hybridized carbons (Fsp3) is 0.400. The Labute approximate surface area is 156 Å². The number of morpholine rings is 1. The van der Waals surface area contributed by atoms with Crippen molar-refractivity contribution in [2.45, 2.75) is 31.7 Å². The Balaban J connectivity index is 1.60. The Morgan fingerprint density at radius 2 is 2.15 bits per heavy atom. The number of amides is 1. The molecule has 0 N–H and O–H groups in total. The van der Waals surface area contributed by atoms with Gasteiger partial charge in [-0.15, -0.1) is 0 Å². The van der Waals surface area contributed by atoms with Crippen LogP contribution in [0.2, 0.25) is 0 Å². The van der Waals surface area contributed by atoms with E-state index >= 15 is 0 Å². The largest absolute Gasteiger partial charge is 0.377 e. The molecule has 0 bridgehead atoms. The van der Waals surface area contributed by atoms with E-state index in [0.29, 0.717) is 37.1 Å². The summed E-state index contributed by atoms with van der Waals surface area (Å²) in [4.78, 5) is 24.3. The molecule has 1 saturated carbocycles. The summed E-state index contributed by atoms with van der Waals surface area (Å²) in [6, 6.07) is 7.71. The second kappa shape index (κ2) is 6.42. The minimum Gasteiger partial charge on any atom is -0.377 e. The van der Waals surface area contributed by atoms with E-state index in [9.17, 15) is 4.79 Å². The van der Waals surface area contributed by atoms with Gasteiger partial charge in [-0.05, 0) is 38.0 Å². The van der Waals surface area contributed by atoms with Crippen LogP contribution in [0, 0.1) is 6.92 Å². The predicted molar refractivity (Wildman–Crippen MR) is 97.3 cm³/mol. The van der Waals surface area contributed by atoms with E-state index < -0.39 is 0 Å². The normalized spacial score (nSPS) is 20.2. The molecule has 1 aromatic carbocycles. The maximum Gasteiger partial charge on any atom is 0.255 e. The number of pyridine rings is 1. The zero-order chi connectivity index (χ0) is 18.4. The SMILES string of the molecule is Cc1ccc2nc(C3CC3)cc(C(=O)N3CCOC[C@@H]3c3ncon3)c2c1. The number of nitrogens with zero attached hydrogens (tertiary/aromatic N) is 4. The lowest BCUT2D eigenvalue weighted by Gasteiger charge is -2.34. The minimum absolute atomic E-state index is 0.0343. The van der Waals surface area contributed by atoms with Gasteiger partial charge in [0, 0.05) is 23.5 Å². The second-order valence-corrected chi connectivity index (χ2v) is 7.27. The van der Waals surface area contributed by atoms with Crippen molar-refractivity contribution in [1.82, 2.24) is 20.0 Å². The van der Waals surface area contributed by atoms with Gasteiger partial charge in [-0.25, -0.2) is 0 Å². The second-order valence-electron chi connectivity index (χ2n) is 7.27. The first-order chi connectivity index (χ1) is 13.2. The van der Waals surface area contributed by atoms with Crippen LogP contribution in [0.3, 0.4) is 0 Å². The van der Waals surface area contributed by atoms with Crippen molar-refractivity contribution < 1.29 is 14.1 Å². The standard InChI is InChI=1S/C20H20N4O3/c1-12-2-5-16-14(8-12)15(9-17(22-16)13-3-4-13)20(25)24-6-7-26-10-18(24)19-21-11-27-23-19/h2,5,8-9,11,13,18H,3-4,6-7,10H2,1H3/t18-/m1/s1. The fourth-order valence-electron chi connectivity index (χ4n) is 3.67. The molecular weight excluding hydrogens is 344 g/mol. The fourth-order valence-corrected chi connectivity index (χ4v) is 3.67. The first-order valence-electron chi connectivity index (χ1n) is 9.27. The monoisotopic (exact) mass is 364 g/mol. The van der Waals surface area contributed by atoms with E-state index in [-0.39, 0.29) is 11.9 Å². The van der Waals surface area contributed by atoms with Crippen molar-refractivity contribution in [1.29, 1.82) is 0 Å². The molecule has 0 radical (unpaired) electrons. The smallest absolute Gasteiger partial charge is 0.255 e. The minimum atomic E-state index is -0.345. The van der Waals surface area contributed by atoms with Crippen molar-refractivity contribution in [3.05, 3.63) is 53.3 Å². The van der Waals surface area contributed by atoms with Crippen LogP contribution in [-0.4, -0.2) is 45.7 Å². The summed E-state index contributed by atoms with van der Waals surface area (Å²) in [6.07, 6.45) is 3.56. The highest BCUT2D eigenvalue weighted by atomic mass is 16.5. The van der Waals surface area contributed by atoms with Gasteiger partial charge in [0.05, 0.1) is 24.3 Å². The summed E-state index contributed by atoms with van der Waals surface area (Å²) in [5.41, 5.74) is 3.69. The molecule has 1 amide bonds. The van der Waals surface area contributed by atoms with Crippen molar-refractivity contribution in [2.75, 3.05) is 19.8 Å². The van der Waals surface area contributed by atoms with E-state index in [1.807, 2.05) is 31.2 Å². The lowest BCUT2D eigenvalue weighted by Crippen LogP contribution is -2.44. The molecule has 1 saturated heterocycles. The van der Waals surface area contributed by atoms with Gasteiger partial charge >= 0.3 is 0 Å². The van der Waals surface area contributed by atoms with Crippen LogP contribution in [0.5, 0.6) is 0 Å². The molecule has 2 fully saturated rings. The number of fused-ring (bicyclic) bond motifs is 1. The Morgan fingerprint density at radius 3 is 2.93 bits per heavy atom. The van der Waals surface area contributed by atoms with Crippen LogP contribution in [0.1, 0.15) is 52.2 Å². The summed E-state index contributed by atoms with van der Waals surface area (Å²) in [6.45, 7) is 3.38. The van der Waals surface area contributed by atoms with Crippen molar-refractivity contribution >= 4 is 16.8 Å². The molecule has 7 nitrogen and oxygen atoms in total. The summed E-state index contributed by atoms with van der Waals surface area (Å²) < 4.78 is 10.5. The summed E-state index contributed by atoms with van der Waals surface area (Å²) in [7, 11) is 0. The number of ether oxygens (including phenoxy) is 1. The van der Waals surface area contributed by atoms with Crippen LogP contribution >= 0.6 is 0 Å². The third kappa shape index (κ3) is 2.98. The molecule has 1 aliphatic heterocycles. The zero-order valence-corrected chi connectivity index (χ0v) is 15.1. The van der Waals surface area contributed by atoms with E-state index in [1.165, 1.54) is 6.39 Å². The van der Waals surface area contributed by atoms with E-state index in [0.717, 1.165) is 35.0 Å². The molecule has 138 valence electrons. The molecular formula is C20H20N4O3. The highest BCUT2D eigenvalue weighted by molar-refractivity contribution is 6.06. The maximum atomic E-state index is 13.6. The number of benzene rings is 1. The molecule has 5 rings (SSSR count). The third-order valence-corrected chi connectivity index (χ3v) is 5.28. The van der Waals surface area contributed by atoms with Crippen LogP contribution in [-0.2, 0) is 4.74 Å². The molecule has 0 unspecified atom stereocenters. The first kappa shape index (κ1) is 16.4. The number of aromatic nitrogens is 3. The van der Waals surface area contributed by atoms with E-state index in [4.69, 9.17) is 14.2 Å². The number of rotatable bonds is 3. The Morgan fingerprint density at radius 1 is 1.26 bits per heavy atom. The Bertz CT molecular complexity index is 998. The number of hydrogen-bond donors (Lipinski definition) is 0. The van der Waals surface area contributed by atoms with E-state index in [2.05, 4.69) is 10.1 Å². The number of hydrogen-bond acceptors (Lipinski definition) is 6. The zero-order valence-electron chi connectivity index (χ0n) is 15.1. The highest BCUT2D eigenvalue weighted by Crippen LogP contribution is 2.40. The van der Waals surface area contributed by atoms with Gasteiger partial charge in [-0.2, -0.15) is 4.98 Å². The van der Waals surface area contributed by atoms with Crippen molar-refractivity contribution in [3.63, 3.8) is 0 Å². The molecule has 1 aliphatic carbocycles. The topological polar surface area (TPSA) is 81.4 Å². The number of carbonyl (C=O) groups is 1. The predicted octanol–water partition coefficient (Wildman–Crippen LogP) is 3.02. The number of aryl methyl sites for hydroxylation is 1. The molecule has 2 aliphatic rings. The van der Waals surface area contributed by atoms with Gasteiger partial charge in [0.1, 0.15) is 6.04 Å². The van der Waals surface area contributed by atoms with Gasteiger partial charge in [0.25, 0.3) is 5.91 Å². The quantitative estimate of drug-likeness (QED) is 0.711. The summed E-state index contributed by atoms with van der Waals surface area (Å²) >= 11 is 0. The molecule has 27 heavy (non-hydrogen) atoms. The summed E-state index contributed by atoms with van der Waals surface area (Å²) in [5.74, 6) is 0.910. The average Bonchev–Trinajstić information content (AvgIpc) is 3.41. The average molecular weight is 364 g/mol. The molecule has 2 aromatic heterocycles. The molecule has 3 aromatic rings. The Hall–Kier alpha value is -2.80. The lowest BCUT2D eigenvalue weighted by atomic mass is 10.0. The van der Waals surface area contributed by atoms with Gasteiger partial charge < -0.3 is 14.2 Å². The summed E-state index contributed by atoms with van der Waals surface area (Å²) in [5, 5.41) is 4.82.